The zero-order valence-electron chi connectivity index (χ0n) is 21.7. The molecule has 0 bridgehead atoms. The van der Waals surface area contributed by atoms with E-state index in [1.165, 1.54) is 5.56 Å². The highest BCUT2D eigenvalue weighted by Gasteiger charge is 2.30. The quantitative estimate of drug-likeness (QED) is 0.578. The minimum Gasteiger partial charge on any atom is -0.483 e. The molecule has 6 nitrogen and oxygen atoms in total. The highest BCUT2D eigenvalue weighted by molar-refractivity contribution is 6.30. The summed E-state index contributed by atoms with van der Waals surface area (Å²) < 4.78 is 6.19. The second-order valence-corrected chi connectivity index (χ2v) is 11.7. The van der Waals surface area contributed by atoms with Crippen LogP contribution in [-0.4, -0.2) is 59.6 Å². The Morgan fingerprint density at radius 1 is 0.914 bits per heavy atom. The standard InChI is InChI=1S/C28H37ClN2O4/c1-27(2,3)22-15-20(26(33)34)16-23(28(4,5)6)25(22)35-18-24(32)31-13-11-30(12-14-31)17-19-7-9-21(29)10-8-19/h7-10,15-16H,11-14,17-18H2,1-6H3,(H,33,34). The molecule has 2 aromatic rings. The Balaban J connectivity index is 1.70. The summed E-state index contributed by atoms with van der Waals surface area (Å²) in [6.45, 7) is 15.8. The van der Waals surface area contributed by atoms with Crippen LogP contribution in [0.4, 0.5) is 0 Å². The van der Waals surface area contributed by atoms with Crippen LogP contribution >= 0.6 is 11.6 Å². The minimum absolute atomic E-state index is 0.0572. The van der Waals surface area contributed by atoms with Crippen LogP contribution in [0.2, 0.25) is 5.02 Å². The number of nitrogens with zero attached hydrogens (tertiary/aromatic N) is 2. The van der Waals surface area contributed by atoms with Crippen LogP contribution < -0.4 is 4.74 Å². The van der Waals surface area contributed by atoms with Gasteiger partial charge in [0.25, 0.3) is 5.91 Å². The molecular weight excluding hydrogens is 464 g/mol. The summed E-state index contributed by atoms with van der Waals surface area (Å²) in [5, 5.41) is 10.4. The average Bonchev–Trinajstić information content (AvgIpc) is 2.77. The number of ether oxygens (including phenoxy) is 1. The first-order chi connectivity index (χ1) is 16.3. The number of carboxylic acid groups (broad SMARTS) is 1. The van der Waals surface area contributed by atoms with Gasteiger partial charge >= 0.3 is 5.97 Å². The fraction of sp³-hybridized carbons (Fsp3) is 0.500. The Labute approximate surface area is 213 Å². The van der Waals surface area contributed by atoms with Crippen molar-refractivity contribution < 1.29 is 19.4 Å². The molecule has 0 radical (unpaired) electrons. The number of carbonyl (C=O) groups excluding carboxylic acids is 1. The van der Waals surface area contributed by atoms with Crippen molar-refractivity contribution in [3.05, 3.63) is 63.7 Å². The number of amides is 1. The van der Waals surface area contributed by atoms with Gasteiger partial charge in [-0.15, -0.1) is 0 Å². The van der Waals surface area contributed by atoms with Crippen molar-refractivity contribution in [1.29, 1.82) is 0 Å². The van der Waals surface area contributed by atoms with Crippen LogP contribution in [0.1, 0.15) is 68.6 Å². The highest BCUT2D eigenvalue weighted by atomic mass is 35.5. The van der Waals surface area contributed by atoms with E-state index in [4.69, 9.17) is 16.3 Å². The summed E-state index contributed by atoms with van der Waals surface area (Å²) in [6.07, 6.45) is 0. The van der Waals surface area contributed by atoms with Crippen molar-refractivity contribution >= 4 is 23.5 Å². The highest BCUT2D eigenvalue weighted by Crippen LogP contribution is 2.40. The van der Waals surface area contributed by atoms with Crippen LogP contribution in [-0.2, 0) is 22.2 Å². The van der Waals surface area contributed by atoms with Gasteiger partial charge in [-0.3, -0.25) is 9.69 Å². The maximum absolute atomic E-state index is 13.0. The molecule has 2 aromatic carbocycles. The van der Waals surface area contributed by atoms with E-state index in [1.54, 1.807) is 12.1 Å². The molecule has 1 N–H and O–H groups in total. The van der Waals surface area contributed by atoms with E-state index in [-0.39, 0.29) is 28.9 Å². The van der Waals surface area contributed by atoms with Gasteiger partial charge in [0, 0.05) is 48.9 Å². The fourth-order valence-electron chi connectivity index (χ4n) is 4.25. The van der Waals surface area contributed by atoms with E-state index in [2.05, 4.69) is 4.90 Å². The summed E-state index contributed by atoms with van der Waals surface area (Å²) in [4.78, 5) is 29.0. The Kier molecular flexibility index (Phi) is 8.17. The van der Waals surface area contributed by atoms with Gasteiger partial charge < -0.3 is 14.7 Å². The number of carboxylic acids is 1. The predicted octanol–water partition coefficient (Wildman–Crippen LogP) is 5.36. The smallest absolute Gasteiger partial charge is 0.335 e. The van der Waals surface area contributed by atoms with E-state index in [1.807, 2.05) is 70.7 Å². The van der Waals surface area contributed by atoms with Gasteiger partial charge in [0.2, 0.25) is 0 Å². The van der Waals surface area contributed by atoms with Crippen LogP contribution in [0.3, 0.4) is 0 Å². The van der Waals surface area contributed by atoms with E-state index >= 15 is 0 Å². The lowest BCUT2D eigenvalue weighted by Gasteiger charge is -2.35. The van der Waals surface area contributed by atoms with Crippen molar-refractivity contribution in [2.45, 2.75) is 58.9 Å². The van der Waals surface area contributed by atoms with Crippen LogP contribution in [0.5, 0.6) is 5.75 Å². The third-order valence-electron chi connectivity index (χ3n) is 6.34. The molecule has 0 atom stereocenters. The number of rotatable bonds is 6. The number of hydrogen-bond acceptors (Lipinski definition) is 4. The molecule has 1 aliphatic rings. The summed E-state index contributed by atoms with van der Waals surface area (Å²) in [6, 6.07) is 11.2. The number of hydrogen-bond donors (Lipinski definition) is 1. The molecule has 3 rings (SSSR count). The zero-order chi connectivity index (χ0) is 26.0. The van der Waals surface area contributed by atoms with E-state index in [0.717, 1.165) is 35.8 Å². The fourth-order valence-corrected chi connectivity index (χ4v) is 4.38. The molecule has 1 saturated heterocycles. The Morgan fingerprint density at radius 2 is 1.43 bits per heavy atom. The summed E-state index contributed by atoms with van der Waals surface area (Å²) in [7, 11) is 0. The number of carbonyl (C=O) groups is 2. The van der Waals surface area contributed by atoms with Gasteiger partial charge in [-0.05, 0) is 40.7 Å². The topological polar surface area (TPSA) is 70.1 Å². The largest absolute Gasteiger partial charge is 0.483 e. The third-order valence-corrected chi connectivity index (χ3v) is 6.59. The maximum Gasteiger partial charge on any atom is 0.335 e. The lowest BCUT2D eigenvalue weighted by Crippen LogP contribution is -2.49. The normalized spacial score (nSPS) is 15.2. The van der Waals surface area contributed by atoms with Gasteiger partial charge in [0.1, 0.15) is 5.75 Å². The number of halogens is 1. The van der Waals surface area contributed by atoms with E-state index in [9.17, 15) is 14.7 Å². The van der Waals surface area contributed by atoms with Crippen molar-refractivity contribution in [3.63, 3.8) is 0 Å². The zero-order valence-corrected chi connectivity index (χ0v) is 22.4. The molecule has 1 aliphatic heterocycles. The van der Waals surface area contributed by atoms with Crippen LogP contribution in [0.25, 0.3) is 0 Å². The molecule has 1 fully saturated rings. The first kappa shape index (κ1) is 27.0. The first-order valence-electron chi connectivity index (χ1n) is 12.1. The predicted molar refractivity (Wildman–Crippen MR) is 140 cm³/mol. The minimum atomic E-state index is -0.972. The first-order valence-corrected chi connectivity index (χ1v) is 12.4. The Hall–Kier alpha value is -2.57. The summed E-state index contributed by atoms with van der Waals surface area (Å²) in [5.74, 6) is -0.414. The van der Waals surface area contributed by atoms with Crippen molar-refractivity contribution in [2.24, 2.45) is 0 Å². The monoisotopic (exact) mass is 500 g/mol. The Bertz CT molecular complexity index is 1020. The molecular formula is C28H37ClN2O4. The lowest BCUT2D eigenvalue weighted by molar-refractivity contribution is -0.135. The SMILES string of the molecule is CC(C)(C)c1cc(C(=O)O)cc(C(C)(C)C)c1OCC(=O)N1CCN(Cc2ccc(Cl)cc2)CC1. The molecule has 1 heterocycles. The Morgan fingerprint density at radius 3 is 1.89 bits per heavy atom. The summed E-state index contributed by atoms with van der Waals surface area (Å²) >= 11 is 5.98. The molecule has 0 spiro atoms. The van der Waals surface area contributed by atoms with Gasteiger partial charge in [-0.2, -0.15) is 0 Å². The van der Waals surface area contributed by atoms with E-state index < -0.39 is 5.97 Å². The second-order valence-electron chi connectivity index (χ2n) is 11.3. The van der Waals surface area contributed by atoms with Crippen molar-refractivity contribution in [3.8, 4) is 5.75 Å². The maximum atomic E-state index is 13.0. The number of aromatic carboxylic acids is 1. The van der Waals surface area contributed by atoms with E-state index in [0.29, 0.717) is 18.8 Å². The van der Waals surface area contributed by atoms with Gasteiger partial charge in [-0.1, -0.05) is 65.3 Å². The molecule has 0 aromatic heterocycles. The molecule has 190 valence electrons. The summed E-state index contributed by atoms with van der Waals surface area (Å²) in [5.41, 5.74) is 2.32. The molecule has 7 heteroatoms. The molecule has 35 heavy (non-hydrogen) atoms. The van der Waals surface area contributed by atoms with Crippen molar-refractivity contribution in [1.82, 2.24) is 9.80 Å². The van der Waals surface area contributed by atoms with Gasteiger partial charge in [-0.25, -0.2) is 4.79 Å². The molecule has 0 saturated carbocycles. The average molecular weight is 501 g/mol. The van der Waals surface area contributed by atoms with Gasteiger partial charge in [0.15, 0.2) is 6.61 Å². The third kappa shape index (κ3) is 6.98. The second kappa shape index (κ2) is 10.6. The van der Waals surface area contributed by atoms with Gasteiger partial charge in [0.05, 0.1) is 5.56 Å². The van der Waals surface area contributed by atoms with Crippen LogP contribution in [0.15, 0.2) is 36.4 Å². The molecule has 1 amide bonds. The van der Waals surface area contributed by atoms with Crippen molar-refractivity contribution in [2.75, 3.05) is 32.8 Å². The lowest BCUT2D eigenvalue weighted by atomic mass is 9.78. The molecule has 0 unspecified atom stereocenters. The molecule has 0 aliphatic carbocycles. The van der Waals surface area contributed by atoms with Crippen LogP contribution in [0, 0.1) is 0 Å². The number of piperazine rings is 1. The number of benzene rings is 2.